The fourth-order valence-electron chi connectivity index (χ4n) is 1.35. The van der Waals surface area contributed by atoms with Gasteiger partial charge in [-0.05, 0) is 12.1 Å². The zero-order valence-electron chi connectivity index (χ0n) is 7.10. The van der Waals surface area contributed by atoms with Gasteiger partial charge >= 0.3 is 0 Å². The summed E-state index contributed by atoms with van der Waals surface area (Å²) >= 11 is 3.15. The van der Waals surface area contributed by atoms with Crippen LogP contribution in [0.4, 0.5) is 8.78 Å². The molecule has 2 aromatic rings. The number of benzene rings is 1. The van der Waals surface area contributed by atoms with E-state index < -0.39 is 11.6 Å². The molecule has 0 bridgehead atoms. The predicted molar refractivity (Wildman–Crippen MR) is 54.3 cm³/mol. The molecule has 72 valence electrons. The van der Waals surface area contributed by atoms with Crippen molar-refractivity contribution in [3.05, 3.63) is 41.6 Å². The molecular formula is C10H6BrF2N. The molecule has 14 heavy (non-hydrogen) atoms. The Morgan fingerprint density at radius 2 is 2.07 bits per heavy atom. The van der Waals surface area contributed by atoms with Gasteiger partial charge in [0.2, 0.25) is 0 Å². The summed E-state index contributed by atoms with van der Waals surface area (Å²) in [6, 6.07) is 4.10. The van der Waals surface area contributed by atoms with Crippen molar-refractivity contribution in [1.29, 1.82) is 0 Å². The Balaban J connectivity index is 2.90. The summed E-state index contributed by atoms with van der Waals surface area (Å²) in [5.74, 6) is -1.14. The third-order valence-electron chi connectivity index (χ3n) is 2.03. The van der Waals surface area contributed by atoms with Crippen LogP contribution in [-0.2, 0) is 5.33 Å². The van der Waals surface area contributed by atoms with E-state index in [1.54, 1.807) is 12.1 Å². The zero-order valence-corrected chi connectivity index (χ0v) is 8.68. The summed E-state index contributed by atoms with van der Waals surface area (Å²) < 4.78 is 26.5. The van der Waals surface area contributed by atoms with Crippen LogP contribution in [0.25, 0.3) is 10.9 Å². The van der Waals surface area contributed by atoms with E-state index in [1.165, 1.54) is 6.20 Å². The number of hydrogen-bond acceptors (Lipinski definition) is 1. The molecule has 4 heteroatoms. The minimum atomic E-state index is -0.574. The van der Waals surface area contributed by atoms with Gasteiger partial charge in [0, 0.05) is 28.5 Å². The second-order valence-electron chi connectivity index (χ2n) is 2.85. The number of pyridine rings is 1. The van der Waals surface area contributed by atoms with Crippen molar-refractivity contribution in [3.63, 3.8) is 0 Å². The molecule has 1 heterocycles. The van der Waals surface area contributed by atoms with Gasteiger partial charge in [0.05, 0.1) is 5.52 Å². The lowest BCUT2D eigenvalue weighted by Gasteiger charge is -2.04. The van der Waals surface area contributed by atoms with E-state index in [4.69, 9.17) is 0 Å². The molecule has 0 saturated carbocycles. The first-order valence-corrected chi connectivity index (χ1v) is 5.13. The maximum Gasteiger partial charge on any atom is 0.135 e. The fraction of sp³-hybridized carbons (Fsp3) is 0.100. The minimum Gasteiger partial charge on any atom is -0.256 e. The van der Waals surface area contributed by atoms with E-state index in [9.17, 15) is 8.78 Å². The zero-order chi connectivity index (χ0) is 10.1. The molecule has 0 aliphatic rings. The predicted octanol–water partition coefficient (Wildman–Crippen LogP) is 3.41. The van der Waals surface area contributed by atoms with Crippen LogP contribution >= 0.6 is 15.9 Å². The van der Waals surface area contributed by atoms with E-state index in [-0.39, 0.29) is 0 Å². The number of fused-ring (bicyclic) bond motifs is 1. The smallest absolute Gasteiger partial charge is 0.135 e. The van der Waals surface area contributed by atoms with Gasteiger partial charge in [-0.25, -0.2) is 8.78 Å². The number of alkyl halides is 1. The summed E-state index contributed by atoms with van der Waals surface area (Å²) in [7, 11) is 0. The van der Waals surface area contributed by atoms with Crippen LogP contribution < -0.4 is 0 Å². The highest BCUT2D eigenvalue weighted by Gasteiger charge is 2.11. The molecule has 0 saturated heterocycles. The second-order valence-corrected chi connectivity index (χ2v) is 3.41. The Labute approximate surface area is 87.9 Å². The maximum atomic E-state index is 13.3. The minimum absolute atomic E-state index is 0.326. The Kier molecular flexibility index (Phi) is 2.46. The van der Waals surface area contributed by atoms with E-state index in [0.29, 0.717) is 21.8 Å². The van der Waals surface area contributed by atoms with Gasteiger partial charge in [-0.3, -0.25) is 4.98 Å². The van der Waals surface area contributed by atoms with Gasteiger partial charge in [0.25, 0.3) is 0 Å². The van der Waals surface area contributed by atoms with Gasteiger partial charge in [-0.1, -0.05) is 15.9 Å². The van der Waals surface area contributed by atoms with Crippen LogP contribution in [0.3, 0.4) is 0 Å². The van der Waals surface area contributed by atoms with Gasteiger partial charge in [0.15, 0.2) is 0 Å². The Morgan fingerprint density at radius 3 is 2.79 bits per heavy atom. The Morgan fingerprint density at radius 1 is 1.29 bits per heavy atom. The molecule has 0 fully saturated rings. The van der Waals surface area contributed by atoms with Gasteiger partial charge < -0.3 is 0 Å². The van der Waals surface area contributed by atoms with Crippen molar-refractivity contribution >= 4 is 26.8 Å². The molecule has 0 radical (unpaired) electrons. The van der Waals surface area contributed by atoms with Crippen LogP contribution in [0.5, 0.6) is 0 Å². The number of halogens is 3. The Hall–Kier alpha value is -1.03. The first-order valence-electron chi connectivity index (χ1n) is 4.01. The first kappa shape index (κ1) is 9.52. The topological polar surface area (TPSA) is 12.9 Å². The average molecular weight is 258 g/mol. The van der Waals surface area contributed by atoms with Crippen molar-refractivity contribution in [2.24, 2.45) is 0 Å². The SMILES string of the molecule is Fc1cc(F)c2cccnc2c1CBr. The molecule has 1 aromatic carbocycles. The molecule has 0 spiro atoms. The third kappa shape index (κ3) is 1.39. The van der Waals surface area contributed by atoms with Crippen LogP contribution in [0, 0.1) is 11.6 Å². The number of hydrogen-bond donors (Lipinski definition) is 0. The molecular weight excluding hydrogens is 252 g/mol. The molecule has 0 amide bonds. The van der Waals surface area contributed by atoms with Gasteiger partial charge in [-0.2, -0.15) is 0 Å². The largest absolute Gasteiger partial charge is 0.256 e. The summed E-state index contributed by atoms with van der Waals surface area (Å²) in [5, 5.41) is 0.676. The lowest BCUT2D eigenvalue weighted by molar-refractivity contribution is 0.585. The summed E-state index contributed by atoms with van der Waals surface area (Å²) in [6.07, 6.45) is 1.52. The van der Waals surface area contributed by atoms with Crippen LogP contribution in [0.2, 0.25) is 0 Å². The lowest BCUT2D eigenvalue weighted by Crippen LogP contribution is -1.93. The summed E-state index contributed by atoms with van der Waals surface area (Å²) in [5.41, 5.74) is 0.767. The number of aromatic nitrogens is 1. The molecule has 0 atom stereocenters. The van der Waals surface area contributed by atoms with Gasteiger partial charge in [0.1, 0.15) is 11.6 Å². The van der Waals surface area contributed by atoms with Crippen molar-refractivity contribution in [2.75, 3.05) is 0 Å². The monoisotopic (exact) mass is 257 g/mol. The Bertz CT molecular complexity index is 485. The van der Waals surface area contributed by atoms with Gasteiger partial charge in [-0.15, -0.1) is 0 Å². The number of rotatable bonds is 1. The molecule has 1 nitrogen and oxygen atoms in total. The third-order valence-corrected chi connectivity index (χ3v) is 2.59. The van der Waals surface area contributed by atoms with Crippen LogP contribution in [0.15, 0.2) is 24.4 Å². The van der Waals surface area contributed by atoms with Crippen molar-refractivity contribution < 1.29 is 8.78 Å². The van der Waals surface area contributed by atoms with E-state index >= 15 is 0 Å². The molecule has 1 aromatic heterocycles. The fourth-order valence-corrected chi connectivity index (χ4v) is 1.89. The molecule has 2 rings (SSSR count). The normalized spacial score (nSPS) is 10.8. The summed E-state index contributed by atoms with van der Waals surface area (Å²) in [6.45, 7) is 0. The van der Waals surface area contributed by atoms with E-state index in [2.05, 4.69) is 20.9 Å². The van der Waals surface area contributed by atoms with Crippen LogP contribution in [0.1, 0.15) is 5.56 Å². The molecule has 0 aliphatic carbocycles. The van der Waals surface area contributed by atoms with Crippen molar-refractivity contribution in [2.45, 2.75) is 5.33 Å². The highest BCUT2D eigenvalue weighted by atomic mass is 79.9. The number of nitrogens with zero attached hydrogens (tertiary/aromatic N) is 1. The standard InChI is InChI=1S/C10H6BrF2N/c11-5-7-9(13)4-8(12)6-2-1-3-14-10(6)7/h1-4H,5H2. The summed E-state index contributed by atoms with van der Waals surface area (Å²) in [4.78, 5) is 3.96. The average Bonchev–Trinajstić information content (AvgIpc) is 2.18. The molecule has 0 N–H and O–H groups in total. The van der Waals surface area contributed by atoms with E-state index in [0.717, 1.165) is 6.07 Å². The highest BCUT2D eigenvalue weighted by molar-refractivity contribution is 9.08. The maximum absolute atomic E-state index is 13.3. The van der Waals surface area contributed by atoms with Crippen LogP contribution in [-0.4, -0.2) is 4.98 Å². The van der Waals surface area contributed by atoms with E-state index in [1.807, 2.05) is 0 Å². The van der Waals surface area contributed by atoms with Crippen molar-refractivity contribution in [3.8, 4) is 0 Å². The molecule has 0 unspecified atom stereocenters. The second kappa shape index (κ2) is 3.61. The molecule has 0 aliphatic heterocycles. The quantitative estimate of drug-likeness (QED) is 0.714. The van der Waals surface area contributed by atoms with Crippen molar-refractivity contribution in [1.82, 2.24) is 4.98 Å². The first-order chi connectivity index (χ1) is 6.74. The lowest BCUT2D eigenvalue weighted by atomic mass is 10.1. The highest BCUT2D eigenvalue weighted by Crippen LogP contribution is 2.24.